The fourth-order valence-corrected chi connectivity index (χ4v) is 1.59. The number of hydrogen-bond acceptors (Lipinski definition) is 5. The summed E-state index contributed by atoms with van der Waals surface area (Å²) in [4.78, 5) is 10.4. The molecule has 0 aromatic carbocycles. The van der Waals surface area contributed by atoms with Crippen molar-refractivity contribution in [1.29, 1.82) is 0 Å². The van der Waals surface area contributed by atoms with Gasteiger partial charge in [-0.05, 0) is 6.07 Å². The number of aryl methyl sites for hydroxylation is 1. The van der Waals surface area contributed by atoms with Crippen LogP contribution in [-0.2, 0) is 13.6 Å². The van der Waals surface area contributed by atoms with Crippen molar-refractivity contribution in [2.45, 2.75) is 6.54 Å². The van der Waals surface area contributed by atoms with Gasteiger partial charge in [0.2, 0.25) is 0 Å². The molecule has 0 saturated heterocycles. The number of nitrogens with zero attached hydrogens (tertiary/aromatic N) is 4. The highest BCUT2D eigenvalue weighted by Gasteiger charge is 2.06. The van der Waals surface area contributed by atoms with Gasteiger partial charge in [-0.2, -0.15) is 0 Å². The van der Waals surface area contributed by atoms with Gasteiger partial charge in [-0.15, -0.1) is 0 Å². The highest BCUT2D eigenvalue weighted by Crippen LogP contribution is 2.16. The quantitative estimate of drug-likeness (QED) is 0.601. The third-order valence-electron chi connectivity index (χ3n) is 2.63. The van der Waals surface area contributed by atoms with E-state index < -0.39 is 0 Å². The fraction of sp³-hybridized carbons (Fsp3) is 0.273. The number of hydrazine groups is 1. The van der Waals surface area contributed by atoms with Crippen LogP contribution in [0.3, 0.4) is 0 Å². The number of rotatable bonds is 4. The summed E-state index contributed by atoms with van der Waals surface area (Å²) in [5.74, 6) is 6.99. The van der Waals surface area contributed by atoms with Crippen LogP contribution in [-0.4, -0.2) is 21.6 Å². The summed E-state index contributed by atoms with van der Waals surface area (Å²) < 4.78 is 2.00. The molecule has 3 N–H and O–H groups in total. The number of nitrogen functional groups attached to an aromatic ring is 1. The van der Waals surface area contributed by atoms with Crippen molar-refractivity contribution in [2.75, 3.05) is 17.4 Å². The van der Waals surface area contributed by atoms with E-state index in [1.807, 2.05) is 37.0 Å². The third kappa shape index (κ3) is 2.54. The van der Waals surface area contributed by atoms with Crippen molar-refractivity contribution in [2.24, 2.45) is 12.9 Å². The van der Waals surface area contributed by atoms with Crippen LogP contribution < -0.4 is 16.2 Å². The van der Waals surface area contributed by atoms with Gasteiger partial charge in [0, 0.05) is 44.4 Å². The second kappa shape index (κ2) is 4.84. The maximum atomic E-state index is 5.33. The Kier molecular flexibility index (Phi) is 3.24. The Morgan fingerprint density at radius 2 is 2.24 bits per heavy atom. The molecule has 6 heteroatoms. The van der Waals surface area contributed by atoms with Crippen LogP contribution in [0, 0.1) is 0 Å². The molecule has 0 aliphatic carbocycles. The van der Waals surface area contributed by atoms with Crippen molar-refractivity contribution in [3.05, 3.63) is 36.5 Å². The normalized spacial score (nSPS) is 10.3. The summed E-state index contributed by atoms with van der Waals surface area (Å²) in [6, 6.07) is 3.83. The van der Waals surface area contributed by atoms with Crippen molar-refractivity contribution in [1.82, 2.24) is 14.5 Å². The molecule has 0 bridgehead atoms. The van der Waals surface area contributed by atoms with Gasteiger partial charge in [0.15, 0.2) is 0 Å². The molecule has 0 aliphatic rings. The van der Waals surface area contributed by atoms with Crippen LogP contribution in [0.15, 0.2) is 30.7 Å². The molecule has 2 heterocycles. The van der Waals surface area contributed by atoms with Gasteiger partial charge in [0.1, 0.15) is 11.6 Å². The maximum Gasteiger partial charge on any atom is 0.141 e. The smallest absolute Gasteiger partial charge is 0.141 e. The molecule has 6 nitrogen and oxygen atoms in total. The van der Waals surface area contributed by atoms with E-state index in [0.717, 1.165) is 18.1 Å². The maximum absolute atomic E-state index is 5.33. The first-order valence-electron chi connectivity index (χ1n) is 5.30. The number of imidazole rings is 1. The average Bonchev–Trinajstić information content (AvgIpc) is 2.75. The molecule has 0 amide bonds. The minimum Gasteiger partial charge on any atom is -0.367 e. The Bertz CT molecular complexity index is 492. The summed E-state index contributed by atoms with van der Waals surface area (Å²) in [5, 5.41) is 0. The molecule has 0 saturated carbocycles. The Balaban J connectivity index is 2.14. The minimum atomic E-state index is 0.647. The molecular weight excluding hydrogens is 216 g/mol. The van der Waals surface area contributed by atoms with Gasteiger partial charge in [0.05, 0.1) is 6.54 Å². The number of anilines is 2. The predicted octanol–water partition coefficient (Wildman–Crippen LogP) is 0.737. The summed E-state index contributed by atoms with van der Waals surface area (Å²) in [6.45, 7) is 0.734. The van der Waals surface area contributed by atoms with Crippen molar-refractivity contribution in [3.63, 3.8) is 0 Å². The minimum absolute atomic E-state index is 0.647. The predicted molar refractivity (Wildman–Crippen MR) is 67.4 cm³/mol. The van der Waals surface area contributed by atoms with E-state index in [-0.39, 0.29) is 0 Å². The van der Waals surface area contributed by atoms with Gasteiger partial charge in [-0.1, -0.05) is 0 Å². The first-order chi connectivity index (χ1) is 8.20. The Labute approximate surface area is 100 Å². The van der Waals surface area contributed by atoms with Crippen LogP contribution >= 0.6 is 0 Å². The van der Waals surface area contributed by atoms with E-state index in [2.05, 4.69) is 20.3 Å². The largest absolute Gasteiger partial charge is 0.367 e. The second-order valence-corrected chi connectivity index (χ2v) is 3.85. The number of pyridine rings is 1. The number of nitrogens with one attached hydrogen (secondary N) is 1. The van der Waals surface area contributed by atoms with Crippen LogP contribution in [0.4, 0.5) is 11.5 Å². The second-order valence-electron chi connectivity index (χ2n) is 3.85. The molecule has 2 rings (SSSR count). The molecular formula is C11H16N6. The van der Waals surface area contributed by atoms with Gasteiger partial charge in [-0.25, -0.2) is 15.8 Å². The first-order valence-corrected chi connectivity index (χ1v) is 5.30. The molecule has 90 valence electrons. The highest BCUT2D eigenvalue weighted by atomic mass is 15.3. The van der Waals surface area contributed by atoms with E-state index in [1.165, 1.54) is 0 Å². The van der Waals surface area contributed by atoms with Gasteiger partial charge < -0.3 is 14.9 Å². The molecule has 0 aliphatic heterocycles. The lowest BCUT2D eigenvalue weighted by Crippen LogP contribution is -2.19. The van der Waals surface area contributed by atoms with E-state index in [1.54, 1.807) is 12.4 Å². The summed E-state index contributed by atoms with van der Waals surface area (Å²) in [6.07, 6.45) is 5.45. The van der Waals surface area contributed by atoms with Gasteiger partial charge >= 0.3 is 0 Å². The zero-order valence-electron chi connectivity index (χ0n) is 9.96. The van der Waals surface area contributed by atoms with Crippen LogP contribution in [0.2, 0.25) is 0 Å². The summed E-state index contributed by atoms with van der Waals surface area (Å²) in [5.41, 5.74) is 3.57. The summed E-state index contributed by atoms with van der Waals surface area (Å²) in [7, 11) is 3.99. The molecule has 0 atom stereocenters. The van der Waals surface area contributed by atoms with E-state index in [4.69, 9.17) is 5.84 Å². The molecule has 17 heavy (non-hydrogen) atoms. The number of hydrogen-bond donors (Lipinski definition) is 2. The van der Waals surface area contributed by atoms with Crippen molar-refractivity contribution in [3.8, 4) is 0 Å². The van der Waals surface area contributed by atoms with Crippen LogP contribution in [0.5, 0.6) is 0 Å². The van der Waals surface area contributed by atoms with E-state index >= 15 is 0 Å². The average molecular weight is 232 g/mol. The molecule has 0 unspecified atom stereocenters. The number of nitrogens with two attached hydrogens (primary N) is 1. The zero-order valence-corrected chi connectivity index (χ0v) is 9.96. The standard InChI is InChI=1S/C11H16N6/c1-16-6-5-14-11(16)8-17(2)9-3-4-13-10(7-9)15-12/h3-7H,8,12H2,1-2H3,(H,13,15). The third-order valence-corrected chi connectivity index (χ3v) is 2.63. The monoisotopic (exact) mass is 232 g/mol. The van der Waals surface area contributed by atoms with Gasteiger partial charge in [-0.3, -0.25) is 0 Å². The zero-order chi connectivity index (χ0) is 12.3. The van der Waals surface area contributed by atoms with Crippen molar-refractivity contribution < 1.29 is 0 Å². The SMILES string of the molecule is CN(Cc1nccn1C)c1ccnc(NN)c1. The topological polar surface area (TPSA) is 72.0 Å². The van der Waals surface area contributed by atoms with Crippen LogP contribution in [0.1, 0.15) is 5.82 Å². The van der Waals surface area contributed by atoms with Crippen molar-refractivity contribution >= 4 is 11.5 Å². The van der Waals surface area contributed by atoms with Gasteiger partial charge in [0.25, 0.3) is 0 Å². The Morgan fingerprint density at radius 1 is 1.41 bits per heavy atom. The van der Waals surface area contributed by atoms with E-state index in [9.17, 15) is 0 Å². The fourth-order valence-electron chi connectivity index (χ4n) is 1.59. The molecule has 0 radical (unpaired) electrons. The first kappa shape index (κ1) is 11.4. The molecule has 0 spiro atoms. The molecule has 2 aromatic heterocycles. The molecule has 0 fully saturated rings. The van der Waals surface area contributed by atoms with E-state index in [0.29, 0.717) is 5.82 Å². The number of aromatic nitrogens is 3. The Morgan fingerprint density at radius 3 is 2.88 bits per heavy atom. The molecule has 2 aromatic rings. The lowest BCUT2D eigenvalue weighted by Gasteiger charge is -2.19. The van der Waals surface area contributed by atoms with Crippen LogP contribution in [0.25, 0.3) is 0 Å². The lowest BCUT2D eigenvalue weighted by molar-refractivity contribution is 0.761. The summed E-state index contributed by atoms with van der Waals surface area (Å²) >= 11 is 0. The lowest BCUT2D eigenvalue weighted by atomic mass is 10.3. The highest BCUT2D eigenvalue weighted by molar-refractivity contribution is 5.52. The Hall–Kier alpha value is -2.08.